The molecule has 0 unspecified atom stereocenters. The molecule has 0 fully saturated rings. The SMILES string of the molecule is COc1cc(C(=O)NC(C)(C)C(=O)O)ccc1Cl. The fourth-order valence-corrected chi connectivity index (χ4v) is 1.41. The smallest absolute Gasteiger partial charge is 0.328 e. The summed E-state index contributed by atoms with van der Waals surface area (Å²) in [6.07, 6.45) is 0. The van der Waals surface area contributed by atoms with Gasteiger partial charge >= 0.3 is 5.97 Å². The third kappa shape index (κ3) is 3.13. The van der Waals surface area contributed by atoms with Gasteiger partial charge < -0.3 is 15.2 Å². The Bertz CT molecular complexity index is 485. The zero-order valence-electron chi connectivity index (χ0n) is 10.3. The van der Waals surface area contributed by atoms with E-state index in [0.29, 0.717) is 10.8 Å². The third-order valence-electron chi connectivity index (χ3n) is 2.37. The largest absolute Gasteiger partial charge is 0.495 e. The van der Waals surface area contributed by atoms with Gasteiger partial charge in [-0.1, -0.05) is 11.6 Å². The molecule has 98 valence electrons. The molecule has 1 rings (SSSR count). The van der Waals surface area contributed by atoms with Gasteiger partial charge in [-0.2, -0.15) is 0 Å². The fraction of sp³-hybridized carbons (Fsp3) is 0.333. The lowest BCUT2D eigenvalue weighted by atomic mass is 10.1. The topological polar surface area (TPSA) is 75.6 Å². The maximum Gasteiger partial charge on any atom is 0.328 e. The van der Waals surface area contributed by atoms with Gasteiger partial charge in [-0.05, 0) is 32.0 Å². The van der Waals surface area contributed by atoms with Crippen LogP contribution >= 0.6 is 11.6 Å². The molecule has 1 aromatic carbocycles. The minimum atomic E-state index is -1.34. The summed E-state index contributed by atoms with van der Waals surface area (Å²) >= 11 is 5.83. The monoisotopic (exact) mass is 271 g/mol. The highest BCUT2D eigenvalue weighted by molar-refractivity contribution is 6.32. The van der Waals surface area contributed by atoms with Crippen molar-refractivity contribution in [1.29, 1.82) is 0 Å². The van der Waals surface area contributed by atoms with Crippen LogP contribution in [0.2, 0.25) is 5.02 Å². The Kier molecular flexibility index (Phi) is 4.19. The van der Waals surface area contributed by atoms with Crippen molar-refractivity contribution in [2.45, 2.75) is 19.4 Å². The predicted molar refractivity (Wildman–Crippen MR) is 67.2 cm³/mol. The van der Waals surface area contributed by atoms with E-state index < -0.39 is 17.4 Å². The number of carbonyl (C=O) groups is 2. The Morgan fingerprint density at radius 2 is 2.00 bits per heavy atom. The van der Waals surface area contributed by atoms with Gasteiger partial charge in [0.1, 0.15) is 11.3 Å². The molecule has 0 heterocycles. The maximum atomic E-state index is 11.9. The molecule has 1 amide bonds. The number of hydrogen-bond donors (Lipinski definition) is 2. The van der Waals surface area contributed by atoms with E-state index >= 15 is 0 Å². The molecule has 0 bridgehead atoms. The summed E-state index contributed by atoms with van der Waals surface area (Å²) in [5, 5.41) is 11.7. The molecule has 5 nitrogen and oxygen atoms in total. The van der Waals surface area contributed by atoms with Gasteiger partial charge in [-0.3, -0.25) is 4.79 Å². The highest BCUT2D eigenvalue weighted by Gasteiger charge is 2.29. The van der Waals surface area contributed by atoms with Crippen molar-refractivity contribution >= 4 is 23.5 Å². The lowest BCUT2D eigenvalue weighted by Gasteiger charge is -2.21. The Labute approximate surface area is 110 Å². The summed E-state index contributed by atoms with van der Waals surface area (Å²) in [5.74, 6) is -1.26. The van der Waals surface area contributed by atoms with Crippen LogP contribution in [0.5, 0.6) is 5.75 Å². The first-order valence-electron chi connectivity index (χ1n) is 5.17. The standard InChI is InChI=1S/C12H14ClNO4/c1-12(2,11(16)17)14-10(15)7-4-5-8(13)9(6-7)18-3/h4-6H,1-3H3,(H,14,15)(H,16,17). The molecule has 0 aliphatic rings. The maximum absolute atomic E-state index is 11.9. The number of nitrogens with one attached hydrogen (secondary N) is 1. The van der Waals surface area contributed by atoms with Gasteiger partial charge in [-0.25, -0.2) is 4.79 Å². The van der Waals surface area contributed by atoms with Crippen LogP contribution in [0, 0.1) is 0 Å². The van der Waals surface area contributed by atoms with Crippen molar-refractivity contribution in [3.63, 3.8) is 0 Å². The molecule has 0 saturated heterocycles. The van der Waals surface area contributed by atoms with Crippen LogP contribution in [0.15, 0.2) is 18.2 Å². The van der Waals surface area contributed by atoms with Gasteiger partial charge in [-0.15, -0.1) is 0 Å². The summed E-state index contributed by atoms with van der Waals surface area (Å²) in [6, 6.07) is 4.47. The van der Waals surface area contributed by atoms with Gasteiger partial charge in [0.25, 0.3) is 5.91 Å². The molecule has 6 heteroatoms. The number of methoxy groups -OCH3 is 1. The number of benzene rings is 1. The Hall–Kier alpha value is -1.75. The Morgan fingerprint density at radius 1 is 1.39 bits per heavy atom. The van der Waals surface area contributed by atoms with E-state index in [1.165, 1.54) is 39.2 Å². The number of carboxylic acids is 1. The van der Waals surface area contributed by atoms with Crippen molar-refractivity contribution in [2.75, 3.05) is 7.11 Å². The van der Waals surface area contributed by atoms with Gasteiger partial charge in [0.2, 0.25) is 0 Å². The van der Waals surface area contributed by atoms with E-state index in [1.807, 2.05) is 0 Å². The molecule has 2 N–H and O–H groups in total. The van der Waals surface area contributed by atoms with Crippen molar-refractivity contribution in [3.8, 4) is 5.75 Å². The minimum Gasteiger partial charge on any atom is -0.495 e. The quantitative estimate of drug-likeness (QED) is 0.877. The molecule has 0 aliphatic heterocycles. The van der Waals surface area contributed by atoms with Crippen molar-refractivity contribution < 1.29 is 19.4 Å². The summed E-state index contributed by atoms with van der Waals surface area (Å²) in [7, 11) is 1.43. The minimum absolute atomic E-state index is 0.283. The summed E-state index contributed by atoms with van der Waals surface area (Å²) < 4.78 is 4.99. The van der Waals surface area contributed by atoms with E-state index in [0.717, 1.165) is 0 Å². The molecule has 18 heavy (non-hydrogen) atoms. The zero-order chi connectivity index (χ0) is 13.9. The molecule has 0 atom stereocenters. The van der Waals surface area contributed by atoms with Crippen LogP contribution < -0.4 is 10.1 Å². The third-order valence-corrected chi connectivity index (χ3v) is 2.69. The molecular formula is C12H14ClNO4. The van der Waals surface area contributed by atoms with Crippen molar-refractivity contribution in [3.05, 3.63) is 28.8 Å². The lowest BCUT2D eigenvalue weighted by molar-refractivity contribution is -0.143. The van der Waals surface area contributed by atoms with E-state index in [4.69, 9.17) is 21.4 Å². The second-order valence-electron chi connectivity index (χ2n) is 4.23. The average molecular weight is 272 g/mol. The van der Waals surface area contributed by atoms with Crippen LogP contribution in [0.4, 0.5) is 0 Å². The number of aliphatic carboxylic acids is 1. The zero-order valence-corrected chi connectivity index (χ0v) is 11.0. The second kappa shape index (κ2) is 5.27. The van der Waals surface area contributed by atoms with Gasteiger partial charge in [0.05, 0.1) is 12.1 Å². The molecule has 0 spiro atoms. The van der Waals surface area contributed by atoms with Crippen LogP contribution in [0.1, 0.15) is 24.2 Å². The number of hydrogen-bond acceptors (Lipinski definition) is 3. The first kappa shape index (κ1) is 14.3. The molecule has 1 aromatic rings. The number of rotatable bonds is 4. The Balaban J connectivity index is 2.95. The number of halogens is 1. The van der Waals surface area contributed by atoms with E-state index in [1.54, 1.807) is 0 Å². The summed E-state index contributed by atoms with van der Waals surface area (Å²) in [6.45, 7) is 2.81. The van der Waals surface area contributed by atoms with Crippen LogP contribution in [-0.2, 0) is 4.79 Å². The normalized spacial score (nSPS) is 10.9. The highest BCUT2D eigenvalue weighted by Crippen LogP contribution is 2.25. The van der Waals surface area contributed by atoms with Crippen molar-refractivity contribution in [2.24, 2.45) is 0 Å². The molecule has 0 saturated carbocycles. The van der Waals surface area contributed by atoms with E-state index in [-0.39, 0.29) is 5.56 Å². The highest BCUT2D eigenvalue weighted by atomic mass is 35.5. The molecular weight excluding hydrogens is 258 g/mol. The van der Waals surface area contributed by atoms with Crippen LogP contribution in [0.25, 0.3) is 0 Å². The Morgan fingerprint density at radius 3 is 2.50 bits per heavy atom. The number of carbonyl (C=O) groups excluding carboxylic acids is 1. The van der Waals surface area contributed by atoms with E-state index in [2.05, 4.69) is 5.32 Å². The van der Waals surface area contributed by atoms with Gasteiger partial charge in [0.15, 0.2) is 0 Å². The molecule has 0 aliphatic carbocycles. The van der Waals surface area contributed by atoms with Gasteiger partial charge in [0, 0.05) is 5.56 Å². The first-order valence-corrected chi connectivity index (χ1v) is 5.55. The second-order valence-corrected chi connectivity index (χ2v) is 4.64. The van der Waals surface area contributed by atoms with Crippen LogP contribution in [-0.4, -0.2) is 29.6 Å². The number of carboxylic acid groups (broad SMARTS) is 1. The fourth-order valence-electron chi connectivity index (χ4n) is 1.21. The molecule has 0 radical (unpaired) electrons. The first-order chi connectivity index (χ1) is 8.27. The predicted octanol–water partition coefficient (Wildman–Crippen LogP) is 1.94. The number of amides is 1. The lowest BCUT2D eigenvalue weighted by Crippen LogP contribution is -2.49. The molecule has 0 aromatic heterocycles. The number of ether oxygens (including phenoxy) is 1. The average Bonchev–Trinajstić information content (AvgIpc) is 2.28. The summed E-state index contributed by atoms with van der Waals surface area (Å²) in [5.41, 5.74) is -1.06. The summed E-state index contributed by atoms with van der Waals surface area (Å²) in [4.78, 5) is 22.8. The van der Waals surface area contributed by atoms with E-state index in [9.17, 15) is 9.59 Å². The van der Waals surface area contributed by atoms with Crippen LogP contribution in [0.3, 0.4) is 0 Å². The van der Waals surface area contributed by atoms with Crippen molar-refractivity contribution in [1.82, 2.24) is 5.32 Å².